The minimum atomic E-state index is -0.473. The Kier molecular flexibility index (Phi) is 4.90. The number of nitrogens with zero attached hydrogens (tertiary/aromatic N) is 1. The van der Waals surface area contributed by atoms with Crippen LogP contribution in [0.2, 0.25) is 0 Å². The number of aliphatic hydroxyl groups is 1. The summed E-state index contributed by atoms with van der Waals surface area (Å²) in [4.78, 5) is 10.6. The first-order valence-corrected chi connectivity index (χ1v) is 5.45. The summed E-state index contributed by atoms with van der Waals surface area (Å²) in [5, 5.41) is 20.1. The molecule has 93 valence electrons. The van der Waals surface area contributed by atoms with E-state index >= 15 is 0 Å². The fourth-order valence-corrected chi connectivity index (χ4v) is 1.47. The molecule has 17 heavy (non-hydrogen) atoms. The molecule has 1 N–H and O–H groups in total. The molecule has 0 bridgehead atoms. The van der Waals surface area contributed by atoms with Crippen LogP contribution in [0.3, 0.4) is 0 Å². The molecule has 0 atom stereocenters. The third-order valence-corrected chi connectivity index (χ3v) is 2.34. The number of hydrogen-bond acceptors (Lipinski definition) is 4. The first kappa shape index (κ1) is 13.4. The third kappa shape index (κ3) is 3.17. The largest absolute Gasteiger partial charge is 0.487 e. The predicted molar refractivity (Wildman–Crippen MR) is 64.0 cm³/mol. The average molecular weight is 238 g/mol. The van der Waals surface area contributed by atoms with Crippen molar-refractivity contribution in [2.75, 3.05) is 13.2 Å². The van der Waals surface area contributed by atoms with Crippen LogP contribution in [0.25, 0.3) is 0 Å². The normalized spacial score (nSPS) is 10.6. The van der Waals surface area contributed by atoms with E-state index < -0.39 is 4.92 Å². The van der Waals surface area contributed by atoms with E-state index in [9.17, 15) is 10.1 Å². The summed E-state index contributed by atoms with van der Waals surface area (Å²) in [6, 6.07) is 4.87. The lowest BCUT2D eigenvalue weighted by molar-refractivity contribution is -0.386. The molecule has 1 aromatic rings. The van der Waals surface area contributed by atoms with Crippen molar-refractivity contribution in [1.29, 1.82) is 0 Å². The Hall–Kier alpha value is -1.62. The summed E-state index contributed by atoms with van der Waals surface area (Å²) < 4.78 is 5.35. The maximum Gasteiger partial charge on any atom is 0.314 e. The summed E-state index contributed by atoms with van der Waals surface area (Å²) >= 11 is 0. The second-order valence-electron chi connectivity index (χ2n) is 3.70. The maximum absolute atomic E-state index is 11.1. The van der Waals surface area contributed by atoms with Crippen LogP contribution in [-0.4, -0.2) is 23.2 Å². The minimum Gasteiger partial charge on any atom is -0.487 e. The van der Waals surface area contributed by atoms with Crippen LogP contribution in [0.4, 0.5) is 5.69 Å². The quantitative estimate of drug-likeness (QED) is 0.609. The minimum absolute atomic E-state index is 0.0764. The molecule has 0 saturated heterocycles. The highest BCUT2D eigenvalue weighted by atomic mass is 16.6. The predicted octanol–water partition coefficient (Wildman–Crippen LogP) is 2.32. The van der Waals surface area contributed by atoms with Gasteiger partial charge in [0.15, 0.2) is 5.75 Å². The summed E-state index contributed by atoms with van der Waals surface area (Å²) in [5.74, 6) is 0.806. The highest BCUT2D eigenvalue weighted by molar-refractivity contribution is 5.57. The standard InChI is InChI=1S/C12H16NO4/c1-3-7-17-11-6-4-5-10(9(2)8-14)12(11)13(15)16/h4-6,14H,3,7-8H2,1-2H3. The van der Waals surface area contributed by atoms with Crippen LogP contribution in [0.15, 0.2) is 18.2 Å². The second kappa shape index (κ2) is 6.20. The Morgan fingerprint density at radius 3 is 2.76 bits per heavy atom. The molecule has 0 aliphatic heterocycles. The molecule has 0 amide bonds. The zero-order valence-corrected chi connectivity index (χ0v) is 9.97. The van der Waals surface area contributed by atoms with E-state index in [0.29, 0.717) is 18.1 Å². The van der Waals surface area contributed by atoms with Crippen LogP contribution in [-0.2, 0) is 0 Å². The molecule has 0 saturated carbocycles. The third-order valence-electron chi connectivity index (χ3n) is 2.34. The molecule has 0 heterocycles. The van der Waals surface area contributed by atoms with E-state index in [2.05, 4.69) is 0 Å². The summed E-state index contributed by atoms with van der Waals surface area (Å²) in [7, 11) is 0. The highest BCUT2D eigenvalue weighted by Gasteiger charge is 2.24. The molecule has 0 aromatic heterocycles. The van der Waals surface area contributed by atoms with Gasteiger partial charge in [-0.1, -0.05) is 26.0 Å². The molecule has 5 nitrogen and oxygen atoms in total. The fourth-order valence-electron chi connectivity index (χ4n) is 1.47. The summed E-state index contributed by atoms with van der Waals surface area (Å²) in [6.45, 7) is 3.81. The van der Waals surface area contributed by atoms with Gasteiger partial charge in [-0.15, -0.1) is 0 Å². The van der Waals surface area contributed by atoms with Gasteiger partial charge in [-0.3, -0.25) is 10.1 Å². The smallest absolute Gasteiger partial charge is 0.314 e. The zero-order valence-electron chi connectivity index (χ0n) is 9.97. The van der Waals surface area contributed by atoms with E-state index in [1.54, 1.807) is 25.1 Å². The van der Waals surface area contributed by atoms with Gasteiger partial charge in [0.2, 0.25) is 0 Å². The van der Waals surface area contributed by atoms with Gasteiger partial charge in [0, 0.05) is 11.5 Å². The van der Waals surface area contributed by atoms with E-state index in [1.807, 2.05) is 6.92 Å². The van der Waals surface area contributed by atoms with Crippen LogP contribution < -0.4 is 4.74 Å². The molecule has 0 aliphatic rings. The molecule has 0 spiro atoms. The van der Waals surface area contributed by atoms with Crippen molar-refractivity contribution in [3.8, 4) is 5.75 Å². The molecule has 1 rings (SSSR count). The number of benzene rings is 1. The first-order valence-electron chi connectivity index (χ1n) is 5.45. The van der Waals surface area contributed by atoms with Crippen LogP contribution in [0, 0.1) is 16.0 Å². The van der Waals surface area contributed by atoms with Gasteiger partial charge in [-0.2, -0.15) is 0 Å². The zero-order chi connectivity index (χ0) is 12.8. The van der Waals surface area contributed by atoms with E-state index in [-0.39, 0.29) is 18.0 Å². The van der Waals surface area contributed by atoms with Crippen LogP contribution in [0.1, 0.15) is 25.8 Å². The van der Waals surface area contributed by atoms with Crippen molar-refractivity contribution < 1.29 is 14.8 Å². The van der Waals surface area contributed by atoms with E-state index in [4.69, 9.17) is 9.84 Å². The number of hydrogen-bond donors (Lipinski definition) is 1. The Morgan fingerprint density at radius 1 is 1.53 bits per heavy atom. The lowest BCUT2D eigenvalue weighted by Gasteiger charge is -2.11. The van der Waals surface area contributed by atoms with E-state index in [1.165, 1.54) is 0 Å². The van der Waals surface area contributed by atoms with Crippen LogP contribution in [0.5, 0.6) is 5.75 Å². The Bertz CT molecular complexity index is 392. The topological polar surface area (TPSA) is 72.6 Å². The Balaban J connectivity index is 3.17. The molecule has 0 aliphatic carbocycles. The summed E-state index contributed by atoms with van der Waals surface area (Å²) in [6.07, 6.45) is 0.782. The van der Waals surface area contributed by atoms with Gasteiger partial charge < -0.3 is 9.84 Å². The van der Waals surface area contributed by atoms with Crippen molar-refractivity contribution >= 4 is 5.69 Å². The summed E-state index contributed by atoms with van der Waals surface area (Å²) in [5.41, 5.74) is 0.346. The maximum atomic E-state index is 11.1. The first-order chi connectivity index (χ1) is 8.11. The Labute approximate surface area is 100 Å². The van der Waals surface area contributed by atoms with Crippen molar-refractivity contribution in [2.24, 2.45) is 0 Å². The van der Waals surface area contributed by atoms with Crippen molar-refractivity contribution in [3.63, 3.8) is 0 Å². The molecule has 5 heteroatoms. The van der Waals surface area contributed by atoms with Gasteiger partial charge >= 0.3 is 5.69 Å². The molecular formula is C12H16NO4. The van der Waals surface area contributed by atoms with Crippen molar-refractivity contribution in [2.45, 2.75) is 20.3 Å². The van der Waals surface area contributed by atoms with Crippen molar-refractivity contribution in [1.82, 2.24) is 0 Å². The molecule has 0 unspecified atom stereocenters. The fraction of sp³-hybridized carbons (Fsp3) is 0.417. The molecule has 1 radical (unpaired) electrons. The van der Waals surface area contributed by atoms with Gasteiger partial charge in [-0.05, 0) is 12.5 Å². The van der Waals surface area contributed by atoms with Gasteiger partial charge in [-0.25, -0.2) is 0 Å². The molecular weight excluding hydrogens is 222 g/mol. The lowest BCUT2D eigenvalue weighted by Crippen LogP contribution is -2.07. The Morgan fingerprint density at radius 2 is 2.24 bits per heavy atom. The van der Waals surface area contributed by atoms with Crippen molar-refractivity contribution in [3.05, 3.63) is 39.8 Å². The number of nitro benzene ring substituents is 1. The number of nitro groups is 1. The van der Waals surface area contributed by atoms with Gasteiger partial charge in [0.1, 0.15) is 0 Å². The number of ether oxygens (including phenoxy) is 1. The van der Waals surface area contributed by atoms with Crippen LogP contribution >= 0.6 is 0 Å². The number of aliphatic hydroxyl groups excluding tert-OH is 1. The lowest BCUT2D eigenvalue weighted by atomic mass is 10.00. The highest BCUT2D eigenvalue weighted by Crippen LogP contribution is 2.34. The second-order valence-corrected chi connectivity index (χ2v) is 3.70. The SMILES string of the molecule is CCCOc1cccc([C](C)CO)c1[N+](=O)[O-]. The van der Waals surface area contributed by atoms with Gasteiger partial charge in [0.25, 0.3) is 0 Å². The number of rotatable bonds is 6. The van der Waals surface area contributed by atoms with E-state index in [0.717, 1.165) is 6.42 Å². The number of para-hydroxylation sites is 1. The average Bonchev–Trinajstić information content (AvgIpc) is 2.34. The molecule has 1 aromatic carbocycles. The van der Waals surface area contributed by atoms with Gasteiger partial charge in [0.05, 0.1) is 18.1 Å². The monoisotopic (exact) mass is 238 g/mol. The molecule has 0 fully saturated rings.